The number of carboxylic acids is 1. The van der Waals surface area contributed by atoms with Crippen LogP contribution in [-0.4, -0.2) is 28.1 Å². The molecule has 26 heavy (non-hydrogen) atoms. The van der Waals surface area contributed by atoms with Crippen molar-refractivity contribution < 1.29 is 19.8 Å². The second kappa shape index (κ2) is 7.70. The van der Waals surface area contributed by atoms with Crippen LogP contribution in [0.1, 0.15) is 11.1 Å². The number of carboxylic acid groups (broad SMARTS) is 1. The van der Waals surface area contributed by atoms with Crippen LogP contribution in [0.5, 0.6) is 5.75 Å². The van der Waals surface area contributed by atoms with Crippen LogP contribution in [-0.2, 0) is 22.4 Å². The van der Waals surface area contributed by atoms with Crippen molar-refractivity contribution in [1.82, 2.24) is 5.32 Å². The number of carbonyl (C=O) groups excluding carboxylic acids is 1. The number of benzene rings is 3. The highest BCUT2D eigenvalue weighted by atomic mass is 16.4. The summed E-state index contributed by atoms with van der Waals surface area (Å²) in [6.07, 6.45) is 0.106. The fraction of sp³-hybridized carbons (Fsp3) is 0.143. The van der Waals surface area contributed by atoms with Gasteiger partial charge in [-0.15, -0.1) is 0 Å². The fourth-order valence-electron chi connectivity index (χ4n) is 2.97. The van der Waals surface area contributed by atoms with Crippen molar-refractivity contribution in [1.29, 1.82) is 0 Å². The molecule has 1 atom stereocenters. The lowest BCUT2D eigenvalue weighted by molar-refractivity contribution is -0.141. The molecular formula is C21H19NO4. The number of hydrogen-bond acceptors (Lipinski definition) is 3. The van der Waals surface area contributed by atoms with Crippen LogP contribution in [0.2, 0.25) is 0 Å². The summed E-state index contributed by atoms with van der Waals surface area (Å²) in [5.74, 6) is -1.52. The third kappa shape index (κ3) is 4.00. The van der Waals surface area contributed by atoms with Gasteiger partial charge in [-0.2, -0.15) is 0 Å². The molecule has 0 saturated heterocycles. The Morgan fingerprint density at radius 3 is 2.35 bits per heavy atom. The number of phenols is 1. The summed E-state index contributed by atoms with van der Waals surface area (Å²) in [4.78, 5) is 23.9. The van der Waals surface area contributed by atoms with Gasteiger partial charge in [0.15, 0.2) is 0 Å². The van der Waals surface area contributed by atoms with Crippen LogP contribution in [0.3, 0.4) is 0 Å². The third-order valence-electron chi connectivity index (χ3n) is 4.27. The molecule has 3 N–H and O–H groups in total. The Hall–Kier alpha value is -3.34. The minimum Gasteiger partial charge on any atom is -0.508 e. The molecule has 1 amide bonds. The van der Waals surface area contributed by atoms with E-state index in [9.17, 15) is 19.8 Å². The molecule has 0 aliphatic heterocycles. The highest BCUT2D eigenvalue weighted by Gasteiger charge is 2.21. The third-order valence-corrected chi connectivity index (χ3v) is 4.27. The van der Waals surface area contributed by atoms with Crippen LogP contribution in [0.4, 0.5) is 0 Å². The molecule has 0 saturated carbocycles. The maximum Gasteiger partial charge on any atom is 0.326 e. The van der Waals surface area contributed by atoms with Gasteiger partial charge in [0, 0.05) is 12.0 Å². The van der Waals surface area contributed by atoms with Gasteiger partial charge < -0.3 is 15.5 Å². The van der Waals surface area contributed by atoms with E-state index < -0.39 is 17.9 Å². The van der Waals surface area contributed by atoms with Gasteiger partial charge >= 0.3 is 5.97 Å². The Bertz CT molecular complexity index is 937. The number of carbonyl (C=O) groups is 2. The van der Waals surface area contributed by atoms with E-state index in [2.05, 4.69) is 5.32 Å². The quantitative estimate of drug-likeness (QED) is 0.639. The van der Waals surface area contributed by atoms with Gasteiger partial charge in [-0.3, -0.25) is 4.79 Å². The highest BCUT2D eigenvalue weighted by molar-refractivity contribution is 5.93. The van der Waals surface area contributed by atoms with E-state index in [1.54, 1.807) is 12.1 Å². The first kappa shape index (κ1) is 17.5. The summed E-state index contributed by atoms with van der Waals surface area (Å²) < 4.78 is 0. The summed E-state index contributed by atoms with van der Waals surface area (Å²) in [6.45, 7) is 0. The van der Waals surface area contributed by atoms with Crippen LogP contribution in [0.15, 0.2) is 66.7 Å². The molecule has 0 aromatic heterocycles. The van der Waals surface area contributed by atoms with Gasteiger partial charge in [0.25, 0.3) is 0 Å². The van der Waals surface area contributed by atoms with E-state index in [1.807, 2.05) is 54.6 Å². The molecule has 0 unspecified atom stereocenters. The predicted molar refractivity (Wildman–Crippen MR) is 99.0 cm³/mol. The molecule has 5 heteroatoms. The van der Waals surface area contributed by atoms with Gasteiger partial charge in [0.05, 0.1) is 6.42 Å². The fourth-order valence-corrected chi connectivity index (χ4v) is 2.97. The first-order chi connectivity index (χ1) is 12.5. The number of nitrogens with one attached hydrogen (secondary N) is 1. The Morgan fingerprint density at radius 1 is 0.923 bits per heavy atom. The average Bonchev–Trinajstić information content (AvgIpc) is 2.64. The Kier molecular flexibility index (Phi) is 5.17. The lowest BCUT2D eigenvalue weighted by Crippen LogP contribution is -2.43. The molecule has 0 bridgehead atoms. The monoisotopic (exact) mass is 349 g/mol. The lowest BCUT2D eigenvalue weighted by atomic mass is 10.00. The second-order valence-corrected chi connectivity index (χ2v) is 6.11. The number of fused-ring (bicyclic) bond motifs is 1. The van der Waals surface area contributed by atoms with Crippen molar-refractivity contribution in [3.05, 3.63) is 77.9 Å². The van der Waals surface area contributed by atoms with Gasteiger partial charge in [0.2, 0.25) is 5.91 Å². The van der Waals surface area contributed by atoms with Crippen molar-refractivity contribution in [2.45, 2.75) is 18.9 Å². The summed E-state index contributed by atoms with van der Waals surface area (Å²) in [5, 5.41) is 23.8. The summed E-state index contributed by atoms with van der Waals surface area (Å²) >= 11 is 0. The van der Waals surface area contributed by atoms with Gasteiger partial charge in [-0.25, -0.2) is 4.79 Å². The smallest absolute Gasteiger partial charge is 0.326 e. The number of phenolic OH excluding ortho intramolecular Hbond substituents is 1. The number of hydrogen-bond donors (Lipinski definition) is 3. The van der Waals surface area contributed by atoms with E-state index in [1.165, 1.54) is 0 Å². The Morgan fingerprint density at radius 2 is 1.62 bits per heavy atom. The van der Waals surface area contributed by atoms with E-state index in [0.29, 0.717) is 5.56 Å². The van der Waals surface area contributed by atoms with Crippen molar-refractivity contribution in [3.8, 4) is 5.75 Å². The van der Waals surface area contributed by atoms with Crippen molar-refractivity contribution in [2.24, 2.45) is 0 Å². The molecule has 3 rings (SSSR count). The van der Waals surface area contributed by atoms with E-state index in [0.717, 1.165) is 16.3 Å². The largest absolute Gasteiger partial charge is 0.508 e. The molecule has 0 radical (unpaired) electrons. The first-order valence-corrected chi connectivity index (χ1v) is 8.30. The van der Waals surface area contributed by atoms with Crippen molar-refractivity contribution in [3.63, 3.8) is 0 Å². The predicted octanol–water partition coefficient (Wildman–Crippen LogP) is 2.90. The maximum atomic E-state index is 12.4. The van der Waals surface area contributed by atoms with Crippen molar-refractivity contribution >= 4 is 22.6 Å². The normalized spacial score (nSPS) is 11.8. The zero-order valence-electron chi connectivity index (χ0n) is 14.1. The summed E-state index contributed by atoms with van der Waals surface area (Å²) in [7, 11) is 0. The highest BCUT2D eigenvalue weighted by Crippen LogP contribution is 2.27. The lowest BCUT2D eigenvalue weighted by Gasteiger charge is -2.16. The van der Waals surface area contributed by atoms with Gasteiger partial charge in [-0.1, -0.05) is 60.7 Å². The number of amides is 1. The number of rotatable bonds is 6. The molecule has 3 aromatic carbocycles. The molecule has 3 aromatic rings. The van der Waals surface area contributed by atoms with E-state index in [4.69, 9.17) is 0 Å². The van der Waals surface area contributed by atoms with Gasteiger partial charge in [0.1, 0.15) is 11.8 Å². The minimum atomic E-state index is -1.09. The zero-order valence-corrected chi connectivity index (χ0v) is 14.1. The first-order valence-electron chi connectivity index (χ1n) is 8.30. The number of aliphatic carboxylic acids is 1. The van der Waals surface area contributed by atoms with Crippen LogP contribution in [0.25, 0.3) is 10.8 Å². The molecule has 0 heterocycles. The topological polar surface area (TPSA) is 86.6 Å². The minimum absolute atomic E-state index is 0.0220. The molecule has 0 spiro atoms. The SMILES string of the molecule is O=C(Cc1c(O)ccc2ccccc12)N[C@@H](Cc1ccccc1)C(=O)O. The van der Waals surface area contributed by atoms with Crippen LogP contribution >= 0.6 is 0 Å². The standard InChI is InChI=1S/C21H19NO4/c23-19-11-10-15-8-4-5-9-16(15)17(19)13-20(24)22-18(21(25)26)12-14-6-2-1-3-7-14/h1-11,18,23H,12-13H2,(H,22,24)(H,25,26)/t18-/m0/s1. The summed E-state index contributed by atoms with van der Waals surface area (Å²) in [5.41, 5.74) is 1.32. The Balaban J connectivity index is 1.77. The Labute approximate surface area is 150 Å². The second-order valence-electron chi connectivity index (χ2n) is 6.11. The zero-order chi connectivity index (χ0) is 18.5. The van der Waals surface area contributed by atoms with E-state index in [-0.39, 0.29) is 18.6 Å². The molecule has 0 aliphatic rings. The molecule has 0 aliphatic carbocycles. The van der Waals surface area contributed by atoms with Gasteiger partial charge in [-0.05, 0) is 22.4 Å². The van der Waals surface area contributed by atoms with Crippen LogP contribution < -0.4 is 5.32 Å². The van der Waals surface area contributed by atoms with E-state index >= 15 is 0 Å². The molecule has 0 fully saturated rings. The number of aromatic hydroxyl groups is 1. The average molecular weight is 349 g/mol. The van der Waals surface area contributed by atoms with Crippen molar-refractivity contribution in [2.75, 3.05) is 0 Å². The molecule has 132 valence electrons. The molecule has 5 nitrogen and oxygen atoms in total. The maximum absolute atomic E-state index is 12.4. The van der Waals surface area contributed by atoms with Crippen LogP contribution in [0, 0.1) is 0 Å². The summed E-state index contributed by atoms with van der Waals surface area (Å²) in [6, 6.07) is 18.9. The molecular weight excluding hydrogens is 330 g/mol.